The monoisotopic (exact) mass is 596 g/mol. The van der Waals surface area contributed by atoms with Crippen LogP contribution in [0.2, 0.25) is 0 Å². The van der Waals surface area contributed by atoms with Gasteiger partial charge in [-0.2, -0.15) is 0 Å². The fourth-order valence-corrected chi connectivity index (χ4v) is 6.03. The minimum atomic E-state index is -10.7. The maximum absolute atomic E-state index is 12.0. The average molecular weight is 595 g/mol. The van der Waals surface area contributed by atoms with E-state index in [4.69, 9.17) is 0 Å². The molecule has 2 aromatic rings. The van der Waals surface area contributed by atoms with Crippen LogP contribution < -0.4 is 14.8 Å². The molecule has 0 saturated carbocycles. The van der Waals surface area contributed by atoms with Crippen LogP contribution in [0.3, 0.4) is 0 Å². The summed E-state index contributed by atoms with van der Waals surface area (Å²) >= 11 is 0.143. The average Bonchev–Trinajstić information content (AvgIpc) is 2.74. The standard InChI is InChI=1S/C24H22N2O2Se.F6P/c1-25(2)15-9-11-19-21(13-15)29-22-14-16(26(3)4)10-12-20(22)23(19)17-7-5-6-8-18(17)24(27)28;1-7(2,3,4,5)6/h5-14H,1-4H3;/q;-1/p+1. The molecule has 1 aliphatic heterocycles. The quantitative estimate of drug-likeness (QED) is 0.0927. The number of carboxylic acid groups (broad SMARTS) is 1. The van der Waals surface area contributed by atoms with E-state index in [2.05, 4.69) is 45.9 Å². The van der Waals surface area contributed by atoms with Crippen molar-refractivity contribution in [3.63, 3.8) is 0 Å². The Hall–Kier alpha value is -2.87. The van der Waals surface area contributed by atoms with Gasteiger partial charge in [0.2, 0.25) is 0 Å². The molecule has 0 aromatic heterocycles. The predicted octanol–water partition coefficient (Wildman–Crippen LogP) is 6.85. The van der Waals surface area contributed by atoms with Crippen LogP contribution in [0.15, 0.2) is 60.7 Å². The van der Waals surface area contributed by atoms with Gasteiger partial charge in [0.15, 0.2) is 0 Å². The summed E-state index contributed by atoms with van der Waals surface area (Å²) in [5.41, 5.74) is 4.41. The number of fused-ring (bicyclic) bond motifs is 2. The van der Waals surface area contributed by atoms with Crippen molar-refractivity contribution >= 4 is 43.6 Å². The van der Waals surface area contributed by atoms with E-state index in [1.807, 2.05) is 40.3 Å². The van der Waals surface area contributed by atoms with Crippen LogP contribution >= 0.6 is 7.81 Å². The van der Waals surface area contributed by atoms with E-state index in [1.54, 1.807) is 12.1 Å². The van der Waals surface area contributed by atoms with Gasteiger partial charge in [0, 0.05) is 0 Å². The summed E-state index contributed by atoms with van der Waals surface area (Å²) in [5, 5.41) is 12.1. The molecule has 0 radical (unpaired) electrons. The second kappa shape index (κ2) is 8.91. The molecule has 12 heteroatoms. The molecule has 4 rings (SSSR count). The zero-order valence-electron chi connectivity index (χ0n) is 19.6. The second-order valence-corrected chi connectivity index (χ2v) is 12.6. The third-order valence-corrected chi connectivity index (χ3v) is 7.49. The summed E-state index contributed by atoms with van der Waals surface area (Å²) in [6.45, 7) is 0. The van der Waals surface area contributed by atoms with E-state index in [-0.39, 0.29) is 14.5 Å². The summed E-state index contributed by atoms with van der Waals surface area (Å²) in [5.74, 6) is -0.901. The number of benzene rings is 3. The molecular weight excluding hydrogens is 572 g/mol. The first-order valence-electron chi connectivity index (χ1n) is 10.4. The van der Waals surface area contributed by atoms with Gasteiger partial charge in [0.1, 0.15) is 0 Å². The number of hydrogen-bond acceptors (Lipinski definition) is 2. The molecule has 0 fully saturated rings. The van der Waals surface area contributed by atoms with Crippen molar-refractivity contribution in [3.8, 4) is 21.1 Å². The second-order valence-electron chi connectivity index (χ2n) is 8.44. The Morgan fingerprint density at radius 3 is 2.06 bits per heavy atom. The van der Waals surface area contributed by atoms with Crippen LogP contribution in [0.25, 0.3) is 30.8 Å². The van der Waals surface area contributed by atoms with Gasteiger partial charge in [-0.1, -0.05) is 0 Å². The molecule has 194 valence electrons. The molecule has 0 amide bonds. The van der Waals surface area contributed by atoms with Crippen molar-refractivity contribution in [2.45, 2.75) is 0 Å². The van der Waals surface area contributed by atoms with Crippen molar-refractivity contribution < 1.29 is 35.1 Å². The minimum absolute atomic E-state index is 0.143. The third-order valence-electron chi connectivity index (χ3n) is 5.15. The van der Waals surface area contributed by atoms with Crippen LogP contribution in [0, 0.1) is 0 Å². The molecule has 2 aliphatic rings. The van der Waals surface area contributed by atoms with Crippen molar-refractivity contribution in [2.75, 3.05) is 33.1 Å². The topological polar surface area (TPSA) is 43.6 Å². The Kier molecular flexibility index (Phi) is 6.86. The summed E-state index contributed by atoms with van der Waals surface area (Å²) in [4.78, 5) is 14.1. The van der Waals surface area contributed by atoms with Crippen LogP contribution in [0.5, 0.6) is 0 Å². The van der Waals surface area contributed by atoms with Crippen molar-refractivity contribution in [3.05, 3.63) is 71.6 Å². The third kappa shape index (κ3) is 7.32. The number of carboxylic acids is 1. The Balaban J connectivity index is 0.000000454. The van der Waals surface area contributed by atoms with Gasteiger partial charge in [-0.05, 0) is 0 Å². The molecule has 1 aliphatic carbocycles. The van der Waals surface area contributed by atoms with Crippen molar-refractivity contribution in [1.82, 2.24) is 4.58 Å². The van der Waals surface area contributed by atoms with Gasteiger partial charge >= 0.3 is 209 Å². The predicted molar refractivity (Wildman–Crippen MR) is 135 cm³/mol. The first kappa shape index (κ1) is 27.7. The summed E-state index contributed by atoms with van der Waals surface area (Å²) in [7, 11) is -2.49. The molecule has 4 nitrogen and oxygen atoms in total. The van der Waals surface area contributed by atoms with E-state index in [1.165, 1.54) is 8.70 Å². The van der Waals surface area contributed by atoms with E-state index >= 15 is 0 Å². The maximum atomic E-state index is 12.0. The van der Waals surface area contributed by atoms with Gasteiger partial charge in [0.05, 0.1) is 0 Å². The Bertz CT molecular complexity index is 1500. The van der Waals surface area contributed by atoms with Gasteiger partial charge in [-0.25, -0.2) is 0 Å². The van der Waals surface area contributed by atoms with Crippen molar-refractivity contribution in [1.29, 1.82) is 0 Å². The number of nitrogens with zero attached hydrogens (tertiary/aromatic N) is 2. The van der Waals surface area contributed by atoms with Gasteiger partial charge in [0.25, 0.3) is 0 Å². The molecule has 1 N–H and O–H groups in total. The molecule has 0 atom stereocenters. The zero-order chi connectivity index (χ0) is 27.1. The Morgan fingerprint density at radius 2 is 1.50 bits per heavy atom. The summed E-state index contributed by atoms with van der Waals surface area (Å²) in [6.07, 6.45) is 0. The summed E-state index contributed by atoms with van der Waals surface area (Å²) in [6, 6.07) is 20.3. The Labute approximate surface area is 209 Å². The molecule has 0 unspecified atom stereocenters. The van der Waals surface area contributed by atoms with E-state index in [0.29, 0.717) is 5.56 Å². The van der Waals surface area contributed by atoms with E-state index in [9.17, 15) is 35.1 Å². The van der Waals surface area contributed by atoms with Gasteiger partial charge < -0.3 is 0 Å². The molecule has 36 heavy (non-hydrogen) atoms. The number of anilines is 1. The van der Waals surface area contributed by atoms with Crippen LogP contribution in [-0.4, -0.2) is 53.8 Å². The molecule has 2 aromatic carbocycles. The number of carbonyl (C=O) groups is 1. The van der Waals surface area contributed by atoms with Gasteiger partial charge in [-0.3, -0.25) is 0 Å². The number of rotatable bonds is 3. The first-order valence-corrected chi connectivity index (χ1v) is 14.1. The summed E-state index contributed by atoms with van der Waals surface area (Å²) < 4.78 is 63.9. The fourth-order valence-electron chi connectivity index (χ4n) is 3.60. The molecule has 1 heterocycles. The fraction of sp³-hybridized carbons (Fsp3) is 0.167. The normalized spacial score (nSPS) is 13.4. The number of halogens is 6. The number of hydrogen-bond donors (Lipinski definition) is 1. The van der Waals surface area contributed by atoms with Crippen LogP contribution in [-0.2, 0) is 0 Å². The SMILES string of the molecule is CN(C)c1ccc2c(-c3ccccc3C(=O)O)c3ccc(=[N+](C)C)cc-3[se]c2c1.F[P-](F)(F)(F)(F)F. The molecule has 0 saturated heterocycles. The van der Waals surface area contributed by atoms with Crippen LogP contribution in [0.4, 0.5) is 30.9 Å². The Morgan fingerprint density at radius 1 is 0.889 bits per heavy atom. The zero-order valence-corrected chi connectivity index (χ0v) is 22.3. The molecule has 0 bridgehead atoms. The molecule has 0 spiro atoms. The number of aromatic carboxylic acids is 1. The van der Waals surface area contributed by atoms with Crippen LogP contribution in [0.1, 0.15) is 10.4 Å². The van der Waals surface area contributed by atoms with Crippen molar-refractivity contribution in [2.24, 2.45) is 0 Å². The van der Waals surface area contributed by atoms with E-state index in [0.717, 1.165) is 33.1 Å². The first-order chi connectivity index (χ1) is 16.3. The van der Waals surface area contributed by atoms with E-state index < -0.39 is 13.8 Å². The van der Waals surface area contributed by atoms with Gasteiger partial charge in [-0.15, -0.1) is 0 Å². The molecular formula is C24H23F6N2O2PSe.